The van der Waals surface area contributed by atoms with Gasteiger partial charge in [0, 0.05) is 6.07 Å². The Morgan fingerprint density at radius 3 is 2.84 bits per heavy atom. The summed E-state index contributed by atoms with van der Waals surface area (Å²) in [6, 6.07) is 10.6. The highest BCUT2D eigenvalue weighted by atomic mass is 35.5. The molecule has 0 spiro atoms. The van der Waals surface area contributed by atoms with Gasteiger partial charge in [-0.05, 0) is 5.56 Å². The topological polar surface area (TPSA) is 71.5 Å². The van der Waals surface area contributed by atoms with Crippen LogP contribution in [-0.4, -0.2) is 16.2 Å². The van der Waals surface area contributed by atoms with Crippen molar-refractivity contribution in [2.75, 3.05) is 5.32 Å². The van der Waals surface area contributed by atoms with Crippen molar-refractivity contribution >= 4 is 23.4 Å². The van der Waals surface area contributed by atoms with Crippen LogP contribution < -0.4 is 5.32 Å². The number of ether oxygens (including phenoxy) is 1. The summed E-state index contributed by atoms with van der Waals surface area (Å²) in [6.45, 7) is 0.149. The van der Waals surface area contributed by atoms with Gasteiger partial charge in [0.05, 0.1) is 11.9 Å². The molecule has 1 amide bonds. The zero-order valence-corrected chi connectivity index (χ0v) is 10.6. The van der Waals surface area contributed by atoms with Gasteiger partial charge in [-0.3, -0.25) is 5.32 Å². The van der Waals surface area contributed by atoms with Crippen LogP contribution in [0.25, 0.3) is 0 Å². The lowest BCUT2D eigenvalue weighted by atomic mass is 10.2. The third kappa shape index (κ3) is 3.86. The van der Waals surface area contributed by atoms with Crippen molar-refractivity contribution in [3.8, 4) is 5.75 Å². The molecule has 19 heavy (non-hydrogen) atoms. The Morgan fingerprint density at radius 2 is 2.11 bits per heavy atom. The number of hydrogen-bond donors (Lipinski definition) is 2. The van der Waals surface area contributed by atoms with Crippen LogP contribution >= 0.6 is 11.6 Å². The molecule has 0 aliphatic carbocycles. The van der Waals surface area contributed by atoms with E-state index in [1.807, 2.05) is 30.3 Å². The van der Waals surface area contributed by atoms with E-state index >= 15 is 0 Å². The monoisotopic (exact) mass is 278 g/mol. The highest BCUT2D eigenvalue weighted by Gasteiger charge is 2.08. The standard InChI is InChI=1S/C13H11ClN2O3/c14-12-11(6-10(17)7-15-12)16-13(18)19-8-9-4-2-1-3-5-9/h1-7,17H,8H2,(H,16,18). The first-order valence-electron chi connectivity index (χ1n) is 5.47. The maximum Gasteiger partial charge on any atom is 0.412 e. The fourth-order valence-electron chi connectivity index (χ4n) is 1.39. The van der Waals surface area contributed by atoms with Gasteiger partial charge < -0.3 is 9.84 Å². The molecule has 1 aromatic carbocycles. The van der Waals surface area contributed by atoms with Crippen LogP contribution in [0.4, 0.5) is 10.5 Å². The van der Waals surface area contributed by atoms with E-state index in [0.717, 1.165) is 5.56 Å². The van der Waals surface area contributed by atoms with Gasteiger partial charge in [0.25, 0.3) is 0 Å². The van der Waals surface area contributed by atoms with Crippen molar-refractivity contribution in [3.05, 3.63) is 53.3 Å². The summed E-state index contributed by atoms with van der Waals surface area (Å²) in [5.41, 5.74) is 1.07. The lowest BCUT2D eigenvalue weighted by molar-refractivity contribution is 0.155. The number of rotatable bonds is 3. The number of carbonyl (C=O) groups excluding carboxylic acids is 1. The molecule has 98 valence electrons. The Kier molecular flexibility index (Phi) is 4.20. The van der Waals surface area contributed by atoms with Gasteiger partial charge in [0.1, 0.15) is 12.4 Å². The molecule has 2 aromatic rings. The molecule has 0 radical (unpaired) electrons. The van der Waals surface area contributed by atoms with E-state index in [0.29, 0.717) is 0 Å². The zero-order valence-electron chi connectivity index (χ0n) is 9.84. The number of amides is 1. The summed E-state index contributed by atoms with van der Waals surface area (Å²) in [4.78, 5) is 15.2. The minimum atomic E-state index is -0.668. The van der Waals surface area contributed by atoms with Crippen molar-refractivity contribution in [2.24, 2.45) is 0 Å². The number of aromatic nitrogens is 1. The van der Waals surface area contributed by atoms with E-state index in [4.69, 9.17) is 16.3 Å². The van der Waals surface area contributed by atoms with Crippen LogP contribution in [0.15, 0.2) is 42.6 Å². The number of halogens is 1. The maximum absolute atomic E-state index is 11.5. The molecule has 0 saturated heterocycles. The zero-order chi connectivity index (χ0) is 13.7. The molecule has 0 unspecified atom stereocenters. The van der Waals surface area contributed by atoms with Crippen molar-refractivity contribution < 1.29 is 14.6 Å². The number of nitrogens with zero attached hydrogens (tertiary/aromatic N) is 1. The molecule has 0 saturated carbocycles. The Morgan fingerprint density at radius 1 is 1.37 bits per heavy atom. The fraction of sp³-hybridized carbons (Fsp3) is 0.0769. The number of aromatic hydroxyl groups is 1. The molecule has 1 heterocycles. The van der Waals surface area contributed by atoms with Gasteiger partial charge in [0.15, 0.2) is 5.15 Å². The first-order chi connectivity index (χ1) is 9.15. The highest BCUT2D eigenvalue weighted by Crippen LogP contribution is 2.23. The normalized spacial score (nSPS) is 9.95. The second-order valence-corrected chi connectivity index (χ2v) is 4.08. The summed E-state index contributed by atoms with van der Waals surface area (Å²) in [5, 5.41) is 11.7. The summed E-state index contributed by atoms with van der Waals surface area (Å²) < 4.78 is 5.01. The molecule has 0 aliphatic heterocycles. The van der Waals surface area contributed by atoms with Crippen molar-refractivity contribution in [1.82, 2.24) is 4.98 Å². The van der Waals surface area contributed by atoms with Crippen LogP contribution in [0.2, 0.25) is 5.15 Å². The second kappa shape index (κ2) is 6.06. The molecule has 2 N–H and O–H groups in total. The third-order valence-electron chi connectivity index (χ3n) is 2.27. The molecular formula is C13H11ClN2O3. The molecule has 0 aliphatic rings. The smallest absolute Gasteiger partial charge is 0.412 e. The average molecular weight is 279 g/mol. The molecule has 1 aromatic heterocycles. The second-order valence-electron chi connectivity index (χ2n) is 3.72. The number of anilines is 1. The Bertz CT molecular complexity index is 575. The molecule has 2 rings (SSSR count). The summed E-state index contributed by atoms with van der Waals surface area (Å²) in [6.07, 6.45) is 0.515. The van der Waals surface area contributed by atoms with Gasteiger partial charge in [0.2, 0.25) is 0 Å². The largest absolute Gasteiger partial charge is 0.506 e. The van der Waals surface area contributed by atoms with Crippen LogP contribution in [0, 0.1) is 0 Å². The Balaban J connectivity index is 1.93. The fourth-order valence-corrected chi connectivity index (χ4v) is 1.54. The average Bonchev–Trinajstić information content (AvgIpc) is 2.42. The SMILES string of the molecule is O=C(Nc1cc(O)cnc1Cl)OCc1ccccc1. The third-order valence-corrected chi connectivity index (χ3v) is 2.58. The van der Waals surface area contributed by atoms with E-state index in [9.17, 15) is 9.90 Å². The first-order valence-corrected chi connectivity index (χ1v) is 5.85. The maximum atomic E-state index is 11.5. The predicted octanol–water partition coefficient (Wildman–Crippen LogP) is 3.19. The minimum Gasteiger partial charge on any atom is -0.506 e. The van der Waals surface area contributed by atoms with E-state index in [-0.39, 0.29) is 23.2 Å². The highest BCUT2D eigenvalue weighted by molar-refractivity contribution is 6.32. The number of benzene rings is 1. The van der Waals surface area contributed by atoms with Crippen molar-refractivity contribution in [3.63, 3.8) is 0 Å². The molecule has 5 nitrogen and oxygen atoms in total. The van der Waals surface area contributed by atoms with Crippen molar-refractivity contribution in [1.29, 1.82) is 0 Å². The lowest BCUT2D eigenvalue weighted by Gasteiger charge is -2.08. The van der Waals surface area contributed by atoms with Crippen LogP contribution in [0.1, 0.15) is 5.56 Å². The lowest BCUT2D eigenvalue weighted by Crippen LogP contribution is -2.14. The summed E-state index contributed by atoms with van der Waals surface area (Å²) in [5.74, 6) is -0.0947. The molecule has 0 fully saturated rings. The first kappa shape index (κ1) is 13.2. The number of pyridine rings is 1. The van der Waals surface area contributed by atoms with Gasteiger partial charge in [-0.1, -0.05) is 41.9 Å². The van der Waals surface area contributed by atoms with Crippen LogP contribution in [0.5, 0.6) is 5.75 Å². The minimum absolute atomic E-state index is 0.0782. The van der Waals surface area contributed by atoms with Gasteiger partial charge in [-0.2, -0.15) is 0 Å². The van der Waals surface area contributed by atoms with E-state index in [1.54, 1.807) is 0 Å². The quantitative estimate of drug-likeness (QED) is 0.846. The van der Waals surface area contributed by atoms with Gasteiger partial charge in [-0.15, -0.1) is 0 Å². The summed E-state index contributed by atoms with van der Waals surface area (Å²) >= 11 is 5.76. The van der Waals surface area contributed by atoms with Crippen LogP contribution in [0.3, 0.4) is 0 Å². The molecule has 0 bridgehead atoms. The van der Waals surface area contributed by atoms with Crippen molar-refractivity contribution in [2.45, 2.75) is 6.61 Å². The Labute approximate surface area is 114 Å². The summed E-state index contributed by atoms with van der Waals surface area (Å²) in [7, 11) is 0. The Hall–Kier alpha value is -2.27. The number of carbonyl (C=O) groups is 1. The molecule has 0 atom stereocenters. The van der Waals surface area contributed by atoms with Crippen LogP contribution in [-0.2, 0) is 11.3 Å². The predicted molar refractivity (Wildman–Crippen MR) is 71.2 cm³/mol. The van der Waals surface area contributed by atoms with Gasteiger partial charge in [-0.25, -0.2) is 9.78 Å². The van der Waals surface area contributed by atoms with E-state index < -0.39 is 6.09 Å². The number of hydrogen-bond acceptors (Lipinski definition) is 4. The van der Waals surface area contributed by atoms with E-state index in [2.05, 4.69) is 10.3 Å². The van der Waals surface area contributed by atoms with E-state index in [1.165, 1.54) is 12.3 Å². The molecular weight excluding hydrogens is 268 g/mol. The molecule has 6 heteroatoms. The van der Waals surface area contributed by atoms with Gasteiger partial charge >= 0.3 is 6.09 Å². The number of nitrogens with one attached hydrogen (secondary N) is 1.